The second-order valence-corrected chi connectivity index (χ2v) is 6.10. The van der Waals surface area contributed by atoms with Crippen LogP contribution in [0, 0.1) is 0 Å². The maximum atomic E-state index is 5.84. The van der Waals surface area contributed by atoms with Gasteiger partial charge in [0, 0.05) is 48.8 Å². The molecule has 5 nitrogen and oxygen atoms in total. The fourth-order valence-electron chi connectivity index (χ4n) is 2.37. The summed E-state index contributed by atoms with van der Waals surface area (Å²) in [6.45, 7) is 4.31. The van der Waals surface area contributed by atoms with E-state index in [0.717, 1.165) is 35.5 Å². The van der Waals surface area contributed by atoms with Gasteiger partial charge in [0.2, 0.25) is 0 Å². The predicted molar refractivity (Wildman–Crippen MR) is 86.2 cm³/mol. The summed E-state index contributed by atoms with van der Waals surface area (Å²) in [6.07, 6.45) is 1.60. The Morgan fingerprint density at radius 2 is 2.10 bits per heavy atom. The molecule has 3 N–H and O–H groups in total. The summed E-state index contributed by atoms with van der Waals surface area (Å²) in [5.41, 5.74) is 7.51. The van der Waals surface area contributed by atoms with Gasteiger partial charge in [-0.15, -0.1) is 0 Å². The van der Waals surface area contributed by atoms with Gasteiger partial charge in [0.15, 0.2) is 0 Å². The number of nitrogens with two attached hydrogens (primary N) is 1. The van der Waals surface area contributed by atoms with Crippen molar-refractivity contribution in [1.82, 2.24) is 14.9 Å². The molecular formula is C14H19N5S. The molecule has 0 saturated carbocycles. The number of nitrogen functional groups attached to an aromatic ring is 1. The molecule has 1 aliphatic heterocycles. The zero-order valence-corrected chi connectivity index (χ0v) is 12.2. The van der Waals surface area contributed by atoms with Crippen molar-refractivity contribution >= 4 is 34.2 Å². The molecule has 6 heteroatoms. The Hall–Kier alpha value is -1.53. The highest BCUT2D eigenvalue weighted by Crippen LogP contribution is 2.21. The van der Waals surface area contributed by atoms with Gasteiger partial charge in [0.05, 0.1) is 5.52 Å². The summed E-state index contributed by atoms with van der Waals surface area (Å²) in [4.78, 5) is 11.1. The second-order valence-electron chi connectivity index (χ2n) is 4.88. The fourth-order valence-corrected chi connectivity index (χ4v) is 3.35. The lowest BCUT2D eigenvalue weighted by molar-refractivity contribution is 0.314. The summed E-state index contributed by atoms with van der Waals surface area (Å²) in [5.74, 6) is 3.36. The molecule has 0 atom stereocenters. The van der Waals surface area contributed by atoms with Crippen LogP contribution in [0.5, 0.6) is 0 Å². The Morgan fingerprint density at radius 1 is 1.25 bits per heavy atom. The van der Waals surface area contributed by atoms with Crippen LogP contribution in [0.4, 0.5) is 11.5 Å². The molecule has 1 aromatic heterocycles. The van der Waals surface area contributed by atoms with Gasteiger partial charge in [-0.05, 0) is 18.2 Å². The highest BCUT2D eigenvalue weighted by atomic mass is 32.2. The van der Waals surface area contributed by atoms with Crippen LogP contribution in [-0.2, 0) is 0 Å². The molecule has 0 bridgehead atoms. The number of nitrogens with one attached hydrogen (secondary N) is 1. The minimum absolute atomic E-state index is 0.739. The SMILES string of the molecule is Nc1ccc2ncnc(NCCN3CCSCC3)c2c1. The molecule has 3 rings (SSSR count). The molecule has 1 saturated heterocycles. The lowest BCUT2D eigenvalue weighted by Gasteiger charge is -2.26. The number of hydrogen-bond acceptors (Lipinski definition) is 6. The first-order valence-corrected chi connectivity index (χ1v) is 8.02. The normalized spacial score (nSPS) is 16.4. The van der Waals surface area contributed by atoms with Crippen LogP contribution in [0.1, 0.15) is 0 Å². The first-order valence-electron chi connectivity index (χ1n) is 6.87. The molecule has 1 aromatic carbocycles. The Balaban J connectivity index is 1.66. The van der Waals surface area contributed by atoms with E-state index in [0.29, 0.717) is 0 Å². The molecule has 0 aliphatic carbocycles. The predicted octanol–water partition coefficient (Wildman–Crippen LogP) is 1.67. The van der Waals surface area contributed by atoms with E-state index in [1.165, 1.54) is 24.6 Å². The standard InChI is InChI=1S/C14H19N5S/c15-11-1-2-13-12(9-11)14(18-10-17-13)16-3-4-19-5-7-20-8-6-19/h1-2,9-10H,3-8,15H2,(H,16,17,18). The van der Waals surface area contributed by atoms with E-state index in [4.69, 9.17) is 5.73 Å². The first kappa shape index (κ1) is 13.5. The average Bonchev–Trinajstić information content (AvgIpc) is 2.49. The smallest absolute Gasteiger partial charge is 0.137 e. The third-order valence-electron chi connectivity index (χ3n) is 3.48. The quantitative estimate of drug-likeness (QED) is 0.835. The molecule has 1 fully saturated rings. The van der Waals surface area contributed by atoms with E-state index in [1.807, 2.05) is 30.0 Å². The van der Waals surface area contributed by atoms with Gasteiger partial charge in [0.1, 0.15) is 12.1 Å². The molecule has 106 valence electrons. The zero-order chi connectivity index (χ0) is 13.8. The van der Waals surface area contributed by atoms with Crippen molar-refractivity contribution in [2.75, 3.05) is 48.7 Å². The number of nitrogens with zero attached hydrogens (tertiary/aromatic N) is 3. The molecule has 0 radical (unpaired) electrons. The molecule has 2 heterocycles. The van der Waals surface area contributed by atoms with Crippen LogP contribution in [0.3, 0.4) is 0 Å². The van der Waals surface area contributed by atoms with Gasteiger partial charge in [-0.25, -0.2) is 9.97 Å². The minimum atomic E-state index is 0.739. The van der Waals surface area contributed by atoms with E-state index >= 15 is 0 Å². The number of rotatable bonds is 4. The van der Waals surface area contributed by atoms with Gasteiger partial charge < -0.3 is 11.1 Å². The third kappa shape index (κ3) is 3.13. The largest absolute Gasteiger partial charge is 0.399 e. The van der Waals surface area contributed by atoms with E-state index < -0.39 is 0 Å². The topological polar surface area (TPSA) is 67.1 Å². The Bertz CT molecular complexity index is 583. The number of anilines is 2. The van der Waals surface area contributed by atoms with E-state index in [2.05, 4.69) is 20.2 Å². The van der Waals surface area contributed by atoms with Crippen molar-refractivity contribution in [3.8, 4) is 0 Å². The average molecular weight is 289 g/mol. The third-order valence-corrected chi connectivity index (χ3v) is 4.43. The van der Waals surface area contributed by atoms with Gasteiger partial charge in [-0.3, -0.25) is 4.90 Å². The Labute approximate surface area is 123 Å². The van der Waals surface area contributed by atoms with Gasteiger partial charge in [0.25, 0.3) is 0 Å². The highest BCUT2D eigenvalue weighted by Gasteiger charge is 2.10. The summed E-state index contributed by atoms with van der Waals surface area (Å²) in [7, 11) is 0. The minimum Gasteiger partial charge on any atom is -0.399 e. The van der Waals surface area contributed by atoms with E-state index in [9.17, 15) is 0 Å². The molecule has 0 amide bonds. The van der Waals surface area contributed by atoms with Crippen LogP contribution in [0.25, 0.3) is 10.9 Å². The molecule has 0 unspecified atom stereocenters. The van der Waals surface area contributed by atoms with E-state index in [-0.39, 0.29) is 0 Å². The summed E-state index contributed by atoms with van der Waals surface area (Å²) in [6, 6.07) is 5.72. The Morgan fingerprint density at radius 3 is 2.95 bits per heavy atom. The van der Waals surface area contributed by atoms with Crippen LogP contribution in [-0.4, -0.2) is 52.6 Å². The molecular weight excluding hydrogens is 270 g/mol. The maximum absolute atomic E-state index is 5.84. The van der Waals surface area contributed by atoms with Crippen LogP contribution < -0.4 is 11.1 Å². The number of benzene rings is 1. The Kier molecular flexibility index (Phi) is 4.22. The number of hydrogen-bond donors (Lipinski definition) is 2. The van der Waals surface area contributed by atoms with Crippen molar-refractivity contribution in [2.45, 2.75) is 0 Å². The molecule has 2 aromatic rings. The highest BCUT2D eigenvalue weighted by molar-refractivity contribution is 7.99. The second kappa shape index (κ2) is 6.28. The fraction of sp³-hybridized carbons (Fsp3) is 0.429. The van der Waals surface area contributed by atoms with Crippen molar-refractivity contribution in [3.63, 3.8) is 0 Å². The van der Waals surface area contributed by atoms with Gasteiger partial charge >= 0.3 is 0 Å². The van der Waals surface area contributed by atoms with Crippen LogP contribution in [0.2, 0.25) is 0 Å². The van der Waals surface area contributed by atoms with Crippen molar-refractivity contribution in [3.05, 3.63) is 24.5 Å². The summed E-state index contributed by atoms with van der Waals surface area (Å²) >= 11 is 2.04. The first-order chi connectivity index (χ1) is 9.83. The lowest BCUT2D eigenvalue weighted by atomic mass is 10.2. The van der Waals surface area contributed by atoms with Crippen molar-refractivity contribution in [1.29, 1.82) is 0 Å². The molecule has 0 spiro atoms. The van der Waals surface area contributed by atoms with Gasteiger partial charge in [-0.2, -0.15) is 11.8 Å². The molecule has 20 heavy (non-hydrogen) atoms. The van der Waals surface area contributed by atoms with Crippen molar-refractivity contribution in [2.24, 2.45) is 0 Å². The van der Waals surface area contributed by atoms with Crippen molar-refractivity contribution < 1.29 is 0 Å². The van der Waals surface area contributed by atoms with Crippen LogP contribution >= 0.6 is 11.8 Å². The number of aromatic nitrogens is 2. The van der Waals surface area contributed by atoms with E-state index in [1.54, 1.807) is 6.33 Å². The maximum Gasteiger partial charge on any atom is 0.137 e. The molecule has 1 aliphatic rings. The monoisotopic (exact) mass is 289 g/mol. The number of fused-ring (bicyclic) bond motifs is 1. The number of thioether (sulfide) groups is 1. The van der Waals surface area contributed by atoms with Crippen LogP contribution in [0.15, 0.2) is 24.5 Å². The lowest BCUT2D eigenvalue weighted by Crippen LogP contribution is -2.36. The zero-order valence-electron chi connectivity index (χ0n) is 11.4. The van der Waals surface area contributed by atoms with Gasteiger partial charge in [-0.1, -0.05) is 0 Å². The summed E-state index contributed by atoms with van der Waals surface area (Å²) in [5, 5.41) is 4.39. The summed E-state index contributed by atoms with van der Waals surface area (Å²) < 4.78 is 0.